The first-order valence-electron chi connectivity index (χ1n) is 7.58. The summed E-state index contributed by atoms with van der Waals surface area (Å²) in [5.74, 6) is 0.175. The van der Waals surface area contributed by atoms with Crippen LogP contribution in [0.4, 0.5) is 0 Å². The first-order valence-corrected chi connectivity index (χ1v) is 7.58. The van der Waals surface area contributed by atoms with Gasteiger partial charge in [-0.2, -0.15) is 0 Å². The number of imidazole rings is 1. The van der Waals surface area contributed by atoms with Crippen molar-refractivity contribution in [2.24, 2.45) is 0 Å². The zero-order valence-corrected chi connectivity index (χ0v) is 12.3. The minimum absolute atomic E-state index is 0.175. The topological polar surface area (TPSA) is 123 Å². The summed E-state index contributed by atoms with van der Waals surface area (Å²) < 4.78 is 12.5. The molecule has 1 unspecified atom stereocenters. The van der Waals surface area contributed by atoms with E-state index in [1.54, 1.807) is 4.57 Å². The summed E-state index contributed by atoms with van der Waals surface area (Å²) in [5, 5.41) is 29.3. The Labute approximate surface area is 131 Å². The van der Waals surface area contributed by atoms with Crippen LogP contribution in [0.25, 0.3) is 11.2 Å². The number of hydrogen-bond acceptors (Lipinski definition) is 8. The first kappa shape index (κ1) is 14.9. The molecule has 2 aromatic heterocycles. The molecule has 2 fully saturated rings. The third kappa shape index (κ3) is 2.32. The highest BCUT2D eigenvalue weighted by Gasteiger charge is 2.44. The molecule has 4 heterocycles. The molecule has 2 aromatic rings. The van der Waals surface area contributed by atoms with Gasteiger partial charge in [-0.3, -0.25) is 4.57 Å². The number of rotatable bonds is 3. The Kier molecular flexibility index (Phi) is 3.74. The summed E-state index contributed by atoms with van der Waals surface area (Å²) >= 11 is 0. The third-order valence-corrected chi connectivity index (χ3v) is 4.49. The maximum absolute atomic E-state index is 10.2. The van der Waals surface area contributed by atoms with Gasteiger partial charge in [-0.05, 0) is 6.42 Å². The number of fused-ring (bicyclic) bond motifs is 1. The van der Waals surface area contributed by atoms with Gasteiger partial charge in [-0.1, -0.05) is 0 Å². The molecule has 0 aliphatic carbocycles. The van der Waals surface area contributed by atoms with Gasteiger partial charge in [-0.15, -0.1) is 0 Å². The fourth-order valence-corrected chi connectivity index (χ4v) is 3.22. The highest BCUT2D eigenvalue weighted by molar-refractivity contribution is 5.74. The van der Waals surface area contributed by atoms with E-state index in [-0.39, 0.29) is 12.5 Å². The van der Waals surface area contributed by atoms with Gasteiger partial charge in [0.05, 0.1) is 25.2 Å². The normalized spacial score (nSPS) is 34.5. The molecule has 2 saturated heterocycles. The van der Waals surface area contributed by atoms with Crippen LogP contribution < -0.4 is 0 Å². The van der Waals surface area contributed by atoms with Gasteiger partial charge in [0.1, 0.15) is 30.2 Å². The van der Waals surface area contributed by atoms with Crippen LogP contribution >= 0.6 is 0 Å². The Morgan fingerprint density at radius 3 is 2.78 bits per heavy atom. The summed E-state index contributed by atoms with van der Waals surface area (Å²) in [4.78, 5) is 12.9. The zero-order valence-electron chi connectivity index (χ0n) is 12.3. The van der Waals surface area contributed by atoms with Crippen molar-refractivity contribution in [2.75, 3.05) is 19.8 Å². The molecule has 9 heteroatoms. The van der Waals surface area contributed by atoms with Gasteiger partial charge in [0, 0.05) is 12.5 Å². The Morgan fingerprint density at radius 2 is 2.09 bits per heavy atom. The molecular formula is C14H18N4O5. The standard InChI is InChI=1S/C14H18N4O5/c19-3-8-11(20)12(21)14(23-8)18-6-17-10-9(7-1-2-22-4-7)15-5-16-13(10)18/h5-8,11-12,14,19-21H,1-4H2/t7?,8-,11-,12-,14-/m1/s1. The van der Waals surface area contributed by atoms with Crippen molar-refractivity contribution >= 4 is 11.2 Å². The van der Waals surface area contributed by atoms with Crippen LogP contribution in [0.1, 0.15) is 24.3 Å². The molecule has 0 amide bonds. The predicted octanol–water partition coefficient (Wildman–Crippen LogP) is -1.06. The summed E-state index contributed by atoms with van der Waals surface area (Å²) in [6.45, 7) is 0.930. The fraction of sp³-hybridized carbons (Fsp3) is 0.643. The van der Waals surface area contributed by atoms with E-state index in [0.29, 0.717) is 24.4 Å². The monoisotopic (exact) mass is 322 g/mol. The quantitative estimate of drug-likeness (QED) is 0.653. The van der Waals surface area contributed by atoms with E-state index >= 15 is 0 Å². The Morgan fingerprint density at radius 1 is 1.22 bits per heavy atom. The van der Waals surface area contributed by atoms with Crippen molar-refractivity contribution < 1.29 is 24.8 Å². The van der Waals surface area contributed by atoms with Crippen LogP contribution in [0.5, 0.6) is 0 Å². The molecule has 0 spiro atoms. The highest BCUT2D eigenvalue weighted by Crippen LogP contribution is 2.33. The van der Waals surface area contributed by atoms with E-state index in [1.165, 1.54) is 12.7 Å². The molecule has 124 valence electrons. The van der Waals surface area contributed by atoms with E-state index < -0.39 is 24.5 Å². The van der Waals surface area contributed by atoms with E-state index in [2.05, 4.69) is 15.0 Å². The molecular weight excluding hydrogens is 304 g/mol. The van der Waals surface area contributed by atoms with Gasteiger partial charge in [0.15, 0.2) is 11.9 Å². The molecule has 2 aliphatic rings. The molecule has 9 nitrogen and oxygen atoms in total. The summed E-state index contributed by atoms with van der Waals surface area (Å²) in [7, 11) is 0. The Hall–Kier alpha value is -1.65. The second-order valence-corrected chi connectivity index (χ2v) is 5.87. The predicted molar refractivity (Wildman–Crippen MR) is 76.5 cm³/mol. The molecule has 5 atom stereocenters. The zero-order chi connectivity index (χ0) is 16.0. The van der Waals surface area contributed by atoms with Gasteiger partial charge in [0.25, 0.3) is 0 Å². The molecule has 23 heavy (non-hydrogen) atoms. The van der Waals surface area contributed by atoms with Gasteiger partial charge < -0.3 is 24.8 Å². The molecule has 2 aliphatic heterocycles. The first-order chi connectivity index (χ1) is 11.2. The van der Waals surface area contributed by atoms with Crippen LogP contribution in [-0.2, 0) is 9.47 Å². The molecule has 3 N–H and O–H groups in total. The van der Waals surface area contributed by atoms with Crippen molar-refractivity contribution in [2.45, 2.75) is 36.9 Å². The summed E-state index contributed by atoms with van der Waals surface area (Å²) in [6, 6.07) is 0. The highest BCUT2D eigenvalue weighted by atomic mass is 16.6. The fourth-order valence-electron chi connectivity index (χ4n) is 3.22. The maximum Gasteiger partial charge on any atom is 0.165 e. The molecule has 0 aromatic carbocycles. The lowest BCUT2D eigenvalue weighted by Gasteiger charge is -2.16. The number of hydrogen-bond donors (Lipinski definition) is 3. The smallest absolute Gasteiger partial charge is 0.165 e. The van der Waals surface area contributed by atoms with E-state index in [9.17, 15) is 15.3 Å². The lowest BCUT2D eigenvalue weighted by atomic mass is 10.0. The number of aliphatic hydroxyl groups is 3. The van der Waals surface area contributed by atoms with Crippen LogP contribution in [-0.4, -0.2) is 73.0 Å². The molecule has 0 bridgehead atoms. The Bertz CT molecular complexity index is 702. The van der Waals surface area contributed by atoms with Gasteiger partial charge in [0.2, 0.25) is 0 Å². The van der Waals surface area contributed by atoms with Crippen molar-refractivity contribution in [3.63, 3.8) is 0 Å². The van der Waals surface area contributed by atoms with Crippen molar-refractivity contribution in [3.8, 4) is 0 Å². The lowest BCUT2D eigenvalue weighted by Crippen LogP contribution is -2.33. The van der Waals surface area contributed by atoms with Crippen molar-refractivity contribution in [3.05, 3.63) is 18.3 Å². The third-order valence-electron chi connectivity index (χ3n) is 4.49. The molecule has 4 rings (SSSR count). The second-order valence-electron chi connectivity index (χ2n) is 5.87. The van der Waals surface area contributed by atoms with Crippen LogP contribution in [0.15, 0.2) is 12.7 Å². The van der Waals surface area contributed by atoms with E-state index in [4.69, 9.17) is 9.47 Å². The number of aromatic nitrogens is 4. The van der Waals surface area contributed by atoms with Gasteiger partial charge in [-0.25, -0.2) is 15.0 Å². The molecule has 0 saturated carbocycles. The minimum Gasteiger partial charge on any atom is -0.394 e. The summed E-state index contributed by atoms with van der Waals surface area (Å²) in [6.07, 6.45) is -0.169. The second kappa shape index (κ2) is 5.77. The Balaban J connectivity index is 1.73. The summed E-state index contributed by atoms with van der Waals surface area (Å²) in [5.41, 5.74) is 1.98. The average Bonchev–Trinajstić information content (AvgIpc) is 3.28. The average molecular weight is 322 g/mol. The SMILES string of the molecule is OC[C@H]1O[C@@H](n2cnc3c(C4CCOC4)ncnc32)[C@H](O)[C@@H]1O. The van der Waals surface area contributed by atoms with E-state index in [1.807, 2.05) is 0 Å². The lowest BCUT2D eigenvalue weighted by molar-refractivity contribution is -0.0511. The molecule has 0 radical (unpaired) electrons. The minimum atomic E-state index is -1.17. The number of aliphatic hydroxyl groups excluding tert-OH is 3. The van der Waals surface area contributed by atoms with Crippen molar-refractivity contribution in [1.82, 2.24) is 19.5 Å². The van der Waals surface area contributed by atoms with Crippen LogP contribution in [0.3, 0.4) is 0 Å². The largest absolute Gasteiger partial charge is 0.394 e. The van der Waals surface area contributed by atoms with Crippen LogP contribution in [0.2, 0.25) is 0 Å². The van der Waals surface area contributed by atoms with E-state index in [0.717, 1.165) is 12.1 Å². The van der Waals surface area contributed by atoms with Crippen LogP contribution in [0, 0.1) is 0 Å². The number of nitrogens with zero attached hydrogens (tertiary/aromatic N) is 4. The van der Waals surface area contributed by atoms with Gasteiger partial charge >= 0.3 is 0 Å². The van der Waals surface area contributed by atoms with Crippen molar-refractivity contribution in [1.29, 1.82) is 0 Å². The number of ether oxygens (including phenoxy) is 2. The maximum atomic E-state index is 10.2.